The summed E-state index contributed by atoms with van der Waals surface area (Å²) in [6, 6.07) is 9.49. The molecule has 0 aliphatic carbocycles. The van der Waals surface area contributed by atoms with Crippen LogP contribution in [0.2, 0.25) is 0 Å². The molecule has 1 N–H and O–H groups in total. The summed E-state index contributed by atoms with van der Waals surface area (Å²) in [7, 11) is 0. The van der Waals surface area contributed by atoms with Crippen LogP contribution in [0, 0.1) is 0 Å². The van der Waals surface area contributed by atoms with Gasteiger partial charge in [-0.2, -0.15) is 0 Å². The molecular weight excluding hydrogens is 278 g/mol. The first kappa shape index (κ1) is 14.1. The Kier molecular flexibility index (Phi) is 5.00. The van der Waals surface area contributed by atoms with Crippen LogP contribution in [0.15, 0.2) is 35.7 Å². The second-order valence-electron chi connectivity index (χ2n) is 4.24. The number of benzene rings is 1. The highest BCUT2D eigenvalue weighted by molar-refractivity contribution is 7.10. The van der Waals surface area contributed by atoms with Crippen molar-refractivity contribution in [3.05, 3.63) is 57.3 Å². The lowest BCUT2D eigenvalue weighted by Gasteiger charge is -2.06. The molecule has 2 nitrogen and oxygen atoms in total. The number of halogens is 1. The molecule has 0 fully saturated rings. The maximum Gasteiger partial charge on any atom is 0.251 e. The Balaban J connectivity index is 1.97. The van der Waals surface area contributed by atoms with Gasteiger partial charge in [0.25, 0.3) is 5.91 Å². The number of alkyl halides is 1. The molecule has 0 spiro atoms. The van der Waals surface area contributed by atoms with E-state index < -0.39 is 0 Å². The van der Waals surface area contributed by atoms with E-state index in [9.17, 15) is 4.79 Å². The highest BCUT2D eigenvalue weighted by Gasteiger charge is 2.07. The van der Waals surface area contributed by atoms with Crippen molar-refractivity contribution in [3.63, 3.8) is 0 Å². The smallest absolute Gasteiger partial charge is 0.251 e. The summed E-state index contributed by atoms with van der Waals surface area (Å²) in [6.45, 7) is 2.72. The van der Waals surface area contributed by atoms with Crippen molar-refractivity contribution >= 4 is 28.8 Å². The minimum absolute atomic E-state index is 0.0448. The first-order valence-corrected chi connectivity index (χ1v) is 7.64. The van der Waals surface area contributed by atoms with E-state index in [-0.39, 0.29) is 5.91 Å². The Morgan fingerprint density at radius 1 is 1.26 bits per heavy atom. The first-order chi connectivity index (χ1) is 9.24. The van der Waals surface area contributed by atoms with Gasteiger partial charge in [-0.3, -0.25) is 4.79 Å². The standard InChI is InChI=1S/C15H16ClNOS/c1-2-12-7-8-19-14(12)10-17-15(18)13-5-3-11(9-16)4-6-13/h3-8H,2,9-10H2,1H3,(H,17,18). The number of aryl methyl sites for hydroxylation is 1. The van der Waals surface area contributed by atoms with E-state index >= 15 is 0 Å². The number of carbonyl (C=O) groups excluding carboxylic acids is 1. The molecule has 0 bridgehead atoms. The third-order valence-corrected chi connectivity index (χ3v) is 4.27. The molecule has 0 aliphatic heterocycles. The molecule has 4 heteroatoms. The number of thiophene rings is 1. The maximum absolute atomic E-state index is 12.0. The van der Waals surface area contributed by atoms with Gasteiger partial charge in [-0.25, -0.2) is 0 Å². The molecular formula is C15H16ClNOS. The fraction of sp³-hybridized carbons (Fsp3) is 0.267. The van der Waals surface area contributed by atoms with Crippen molar-refractivity contribution < 1.29 is 4.79 Å². The van der Waals surface area contributed by atoms with Gasteiger partial charge in [0.2, 0.25) is 0 Å². The highest BCUT2D eigenvalue weighted by atomic mass is 35.5. The van der Waals surface area contributed by atoms with E-state index in [1.807, 2.05) is 24.3 Å². The lowest BCUT2D eigenvalue weighted by molar-refractivity contribution is 0.0951. The molecule has 2 rings (SSSR count). The number of hydrogen-bond acceptors (Lipinski definition) is 2. The van der Waals surface area contributed by atoms with Gasteiger partial charge in [-0.05, 0) is 41.1 Å². The van der Waals surface area contributed by atoms with Crippen molar-refractivity contribution in [1.29, 1.82) is 0 Å². The molecule has 1 amide bonds. The lowest BCUT2D eigenvalue weighted by Crippen LogP contribution is -2.22. The van der Waals surface area contributed by atoms with Gasteiger partial charge < -0.3 is 5.32 Å². The number of rotatable bonds is 5. The molecule has 19 heavy (non-hydrogen) atoms. The fourth-order valence-corrected chi connectivity index (χ4v) is 2.94. The number of amides is 1. The van der Waals surface area contributed by atoms with Crippen molar-refractivity contribution in [2.75, 3.05) is 0 Å². The van der Waals surface area contributed by atoms with Crippen LogP contribution in [0.25, 0.3) is 0 Å². The van der Waals surface area contributed by atoms with Crippen LogP contribution in [0.3, 0.4) is 0 Å². The minimum atomic E-state index is -0.0448. The van der Waals surface area contributed by atoms with Gasteiger partial charge in [0.1, 0.15) is 0 Å². The average Bonchev–Trinajstić information content (AvgIpc) is 2.92. The summed E-state index contributed by atoms with van der Waals surface area (Å²) in [5.41, 5.74) is 3.00. The zero-order valence-electron chi connectivity index (χ0n) is 10.8. The molecule has 0 aliphatic rings. The maximum atomic E-state index is 12.0. The summed E-state index contributed by atoms with van der Waals surface area (Å²) in [6.07, 6.45) is 0.999. The highest BCUT2D eigenvalue weighted by Crippen LogP contribution is 2.17. The summed E-state index contributed by atoms with van der Waals surface area (Å²) in [5, 5.41) is 5.02. The molecule has 1 heterocycles. The van der Waals surface area contributed by atoms with E-state index in [0.29, 0.717) is 18.0 Å². The normalized spacial score (nSPS) is 10.4. The topological polar surface area (TPSA) is 29.1 Å². The van der Waals surface area contributed by atoms with Crippen molar-refractivity contribution in [2.24, 2.45) is 0 Å². The van der Waals surface area contributed by atoms with Gasteiger partial charge in [0, 0.05) is 16.3 Å². The summed E-state index contributed by atoms with van der Waals surface area (Å²) < 4.78 is 0. The second kappa shape index (κ2) is 6.73. The molecule has 0 unspecified atom stereocenters. The van der Waals surface area contributed by atoms with E-state index in [1.165, 1.54) is 10.4 Å². The molecule has 0 saturated heterocycles. The van der Waals surface area contributed by atoms with Crippen LogP contribution in [0.1, 0.15) is 33.3 Å². The Morgan fingerprint density at radius 3 is 2.63 bits per heavy atom. The van der Waals surface area contributed by atoms with Gasteiger partial charge in [-0.1, -0.05) is 19.1 Å². The van der Waals surface area contributed by atoms with Crippen LogP contribution in [-0.2, 0) is 18.8 Å². The third kappa shape index (κ3) is 3.58. The van der Waals surface area contributed by atoms with Crippen LogP contribution in [-0.4, -0.2) is 5.91 Å². The number of carbonyl (C=O) groups is 1. The zero-order chi connectivity index (χ0) is 13.7. The molecule has 100 valence electrons. The lowest BCUT2D eigenvalue weighted by atomic mass is 10.1. The van der Waals surface area contributed by atoms with E-state index in [2.05, 4.69) is 23.7 Å². The minimum Gasteiger partial charge on any atom is -0.347 e. The van der Waals surface area contributed by atoms with Crippen LogP contribution < -0.4 is 5.32 Å². The van der Waals surface area contributed by atoms with Crippen LogP contribution in [0.4, 0.5) is 0 Å². The molecule has 0 atom stereocenters. The summed E-state index contributed by atoms with van der Waals surface area (Å²) in [5.74, 6) is 0.424. The summed E-state index contributed by atoms with van der Waals surface area (Å²) >= 11 is 7.41. The number of hydrogen-bond donors (Lipinski definition) is 1. The van der Waals surface area contributed by atoms with Crippen molar-refractivity contribution in [1.82, 2.24) is 5.32 Å². The number of nitrogens with one attached hydrogen (secondary N) is 1. The van der Waals surface area contributed by atoms with Crippen LogP contribution >= 0.6 is 22.9 Å². The Bertz CT molecular complexity index is 548. The Labute approximate surface area is 122 Å². The van der Waals surface area contributed by atoms with E-state index in [4.69, 9.17) is 11.6 Å². The molecule has 0 saturated carbocycles. The zero-order valence-corrected chi connectivity index (χ0v) is 12.4. The quantitative estimate of drug-likeness (QED) is 0.830. The first-order valence-electron chi connectivity index (χ1n) is 6.23. The van der Waals surface area contributed by atoms with Crippen molar-refractivity contribution in [2.45, 2.75) is 25.8 Å². The molecule has 1 aromatic carbocycles. The second-order valence-corrected chi connectivity index (χ2v) is 5.50. The third-order valence-electron chi connectivity index (χ3n) is 3.00. The fourth-order valence-electron chi connectivity index (χ4n) is 1.84. The van der Waals surface area contributed by atoms with Crippen molar-refractivity contribution in [3.8, 4) is 0 Å². The van der Waals surface area contributed by atoms with Crippen LogP contribution in [0.5, 0.6) is 0 Å². The molecule has 2 aromatic rings. The van der Waals surface area contributed by atoms with Gasteiger partial charge >= 0.3 is 0 Å². The average molecular weight is 294 g/mol. The Morgan fingerprint density at radius 2 is 2.00 bits per heavy atom. The predicted molar refractivity (Wildman–Crippen MR) is 80.9 cm³/mol. The monoisotopic (exact) mass is 293 g/mol. The molecule has 1 aromatic heterocycles. The Hall–Kier alpha value is -1.32. The van der Waals surface area contributed by atoms with E-state index in [0.717, 1.165) is 12.0 Å². The largest absolute Gasteiger partial charge is 0.347 e. The van der Waals surface area contributed by atoms with Gasteiger partial charge in [0.05, 0.1) is 6.54 Å². The van der Waals surface area contributed by atoms with Gasteiger partial charge in [0.15, 0.2) is 0 Å². The SMILES string of the molecule is CCc1ccsc1CNC(=O)c1ccc(CCl)cc1. The summed E-state index contributed by atoms with van der Waals surface area (Å²) in [4.78, 5) is 13.2. The molecule has 0 radical (unpaired) electrons. The van der Waals surface area contributed by atoms with Gasteiger partial charge in [-0.15, -0.1) is 22.9 Å². The predicted octanol–water partition coefficient (Wildman–Crippen LogP) is 3.98. The van der Waals surface area contributed by atoms with E-state index in [1.54, 1.807) is 11.3 Å².